The number of anilines is 3. The number of hydrogen-bond donors (Lipinski definition) is 1. The van der Waals surface area contributed by atoms with E-state index < -0.39 is 0 Å². The SMILES string of the molecule is CCN1CCC(C(=O)N2c3ccccc3C(=O)Nc3cccnc32)CC1. The summed E-state index contributed by atoms with van der Waals surface area (Å²) >= 11 is 0. The zero-order chi connectivity index (χ0) is 18.1. The lowest BCUT2D eigenvalue weighted by Gasteiger charge is -2.33. The number of likely N-dealkylation sites (tertiary alicyclic amines) is 1. The number of piperidine rings is 1. The topological polar surface area (TPSA) is 65.5 Å². The van der Waals surface area contributed by atoms with Crippen molar-refractivity contribution >= 4 is 29.0 Å². The molecule has 2 aromatic rings. The first-order valence-electron chi connectivity index (χ1n) is 9.10. The lowest BCUT2D eigenvalue weighted by atomic mass is 9.94. The summed E-state index contributed by atoms with van der Waals surface area (Å²) < 4.78 is 0. The second-order valence-electron chi connectivity index (χ2n) is 6.73. The van der Waals surface area contributed by atoms with E-state index >= 15 is 0 Å². The van der Waals surface area contributed by atoms with Gasteiger partial charge < -0.3 is 10.2 Å². The Kier molecular flexibility index (Phi) is 4.42. The highest BCUT2D eigenvalue weighted by molar-refractivity contribution is 6.17. The average molecular weight is 350 g/mol. The van der Waals surface area contributed by atoms with Crippen molar-refractivity contribution in [1.29, 1.82) is 0 Å². The van der Waals surface area contributed by atoms with E-state index in [1.165, 1.54) is 0 Å². The van der Waals surface area contributed by atoms with Crippen molar-refractivity contribution < 1.29 is 9.59 Å². The number of para-hydroxylation sites is 1. The van der Waals surface area contributed by atoms with E-state index in [0.29, 0.717) is 22.8 Å². The number of aromatic nitrogens is 1. The van der Waals surface area contributed by atoms with Crippen LogP contribution in [-0.2, 0) is 4.79 Å². The summed E-state index contributed by atoms with van der Waals surface area (Å²) in [6.45, 7) is 5.00. The van der Waals surface area contributed by atoms with E-state index in [0.717, 1.165) is 32.5 Å². The summed E-state index contributed by atoms with van der Waals surface area (Å²) in [4.78, 5) is 34.5. The normalized spacial score (nSPS) is 17.9. The van der Waals surface area contributed by atoms with Gasteiger partial charge in [0.2, 0.25) is 5.91 Å². The zero-order valence-corrected chi connectivity index (χ0v) is 14.8. The molecule has 2 aliphatic heterocycles. The fraction of sp³-hybridized carbons (Fsp3) is 0.350. The molecular weight excluding hydrogens is 328 g/mol. The first-order valence-corrected chi connectivity index (χ1v) is 9.10. The molecule has 0 unspecified atom stereocenters. The summed E-state index contributed by atoms with van der Waals surface area (Å²) in [6, 6.07) is 10.8. The second kappa shape index (κ2) is 6.88. The first-order chi connectivity index (χ1) is 12.7. The Hall–Kier alpha value is -2.73. The standard InChI is InChI=1S/C20H22N4O2/c1-2-23-12-9-14(10-13-23)20(26)24-17-8-4-3-6-15(17)19(25)22-16-7-5-11-21-18(16)24/h3-8,11,14H,2,9-10,12-13H2,1H3,(H,22,25). The maximum Gasteiger partial charge on any atom is 0.257 e. The Bertz CT molecular complexity index is 843. The molecule has 1 N–H and O–H groups in total. The Morgan fingerprint density at radius 2 is 1.96 bits per heavy atom. The molecule has 0 saturated carbocycles. The van der Waals surface area contributed by atoms with Crippen molar-refractivity contribution in [2.75, 3.05) is 29.9 Å². The van der Waals surface area contributed by atoms with Crippen molar-refractivity contribution in [3.8, 4) is 0 Å². The maximum atomic E-state index is 13.5. The van der Waals surface area contributed by atoms with Crippen LogP contribution in [0.5, 0.6) is 0 Å². The van der Waals surface area contributed by atoms with Gasteiger partial charge in [0.15, 0.2) is 5.82 Å². The zero-order valence-electron chi connectivity index (χ0n) is 14.8. The molecule has 3 heterocycles. The van der Waals surface area contributed by atoms with Gasteiger partial charge >= 0.3 is 0 Å². The lowest BCUT2D eigenvalue weighted by molar-refractivity contribution is -0.123. The number of benzene rings is 1. The van der Waals surface area contributed by atoms with E-state index in [1.807, 2.05) is 18.2 Å². The molecule has 6 heteroatoms. The van der Waals surface area contributed by atoms with Crippen LogP contribution in [0.25, 0.3) is 0 Å². The van der Waals surface area contributed by atoms with Crippen LogP contribution < -0.4 is 10.2 Å². The molecule has 2 aliphatic rings. The van der Waals surface area contributed by atoms with E-state index in [1.54, 1.807) is 29.3 Å². The van der Waals surface area contributed by atoms with Crippen molar-refractivity contribution in [2.45, 2.75) is 19.8 Å². The molecule has 1 aromatic carbocycles. The Morgan fingerprint density at radius 3 is 2.73 bits per heavy atom. The van der Waals surface area contributed by atoms with Gasteiger partial charge in [0.05, 0.1) is 16.9 Å². The first kappa shape index (κ1) is 16.7. The molecule has 6 nitrogen and oxygen atoms in total. The molecule has 0 aliphatic carbocycles. The number of fused-ring (bicyclic) bond motifs is 2. The van der Waals surface area contributed by atoms with Gasteiger partial charge in [-0.2, -0.15) is 0 Å². The quantitative estimate of drug-likeness (QED) is 0.904. The number of nitrogens with one attached hydrogen (secondary N) is 1. The number of amides is 2. The van der Waals surface area contributed by atoms with Crippen LogP contribution in [0.3, 0.4) is 0 Å². The monoisotopic (exact) mass is 350 g/mol. The van der Waals surface area contributed by atoms with Gasteiger partial charge in [-0.25, -0.2) is 4.98 Å². The van der Waals surface area contributed by atoms with E-state index in [-0.39, 0.29) is 17.7 Å². The predicted octanol–water partition coefficient (Wildman–Crippen LogP) is 3.04. The number of pyridine rings is 1. The summed E-state index contributed by atoms with van der Waals surface area (Å²) in [6.07, 6.45) is 3.31. The van der Waals surface area contributed by atoms with E-state index in [4.69, 9.17) is 0 Å². The van der Waals surface area contributed by atoms with Gasteiger partial charge in [0.1, 0.15) is 0 Å². The van der Waals surface area contributed by atoms with Crippen LogP contribution in [0.1, 0.15) is 30.1 Å². The van der Waals surface area contributed by atoms with Crippen LogP contribution >= 0.6 is 0 Å². The van der Waals surface area contributed by atoms with Crippen LogP contribution in [0, 0.1) is 5.92 Å². The highest BCUT2D eigenvalue weighted by Crippen LogP contribution is 2.38. The number of carbonyl (C=O) groups excluding carboxylic acids is 2. The fourth-order valence-electron chi connectivity index (χ4n) is 3.74. The third-order valence-electron chi connectivity index (χ3n) is 5.24. The lowest BCUT2D eigenvalue weighted by Crippen LogP contribution is -2.41. The van der Waals surface area contributed by atoms with E-state index in [9.17, 15) is 9.59 Å². The van der Waals surface area contributed by atoms with Crippen molar-refractivity contribution in [2.24, 2.45) is 5.92 Å². The number of rotatable bonds is 2. The molecule has 0 bridgehead atoms. The number of carbonyl (C=O) groups is 2. The number of hydrogen-bond acceptors (Lipinski definition) is 4. The molecule has 1 aromatic heterocycles. The summed E-state index contributed by atoms with van der Waals surface area (Å²) in [5.74, 6) is 0.234. The molecular formula is C20H22N4O2. The van der Waals surface area contributed by atoms with Gasteiger partial charge in [-0.15, -0.1) is 0 Å². The van der Waals surface area contributed by atoms with Gasteiger partial charge in [0, 0.05) is 12.1 Å². The Labute approximate surface area is 152 Å². The third kappa shape index (κ3) is 2.86. The molecule has 134 valence electrons. The van der Waals surface area contributed by atoms with Crippen LogP contribution in [0.4, 0.5) is 17.2 Å². The Morgan fingerprint density at radius 1 is 1.19 bits per heavy atom. The molecule has 4 rings (SSSR count). The third-order valence-corrected chi connectivity index (χ3v) is 5.24. The van der Waals surface area contributed by atoms with E-state index in [2.05, 4.69) is 22.1 Å². The van der Waals surface area contributed by atoms with Gasteiger partial charge in [0.25, 0.3) is 5.91 Å². The summed E-state index contributed by atoms with van der Waals surface area (Å²) in [7, 11) is 0. The predicted molar refractivity (Wildman–Crippen MR) is 101 cm³/mol. The number of nitrogens with zero attached hydrogens (tertiary/aromatic N) is 3. The molecule has 1 fully saturated rings. The highest BCUT2D eigenvalue weighted by Gasteiger charge is 2.35. The van der Waals surface area contributed by atoms with Gasteiger partial charge in [-0.1, -0.05) is 19.1 Å². The summed E-state index contributed by atoms with van der Waals surface area (Å²) in [5, 5.41) is 2.88. The van der Waals surface area contributed by atoms with Crippen LogP contribution in [0.2, 0.25) is 0 Å². The minimum atomic E-state index is -0.217. The largest absolute Gasteiger partial charge is 0.319 e. The maximum absolute atomic E-state index is 13.5. The summed E-state index contributed by atoms with van der Waals surface area (Å²) in [5.41, 5.74) is 1.66. The Balaban J connectivity index is 1.76. The van der Waals surface area contributed by atoms with Gasteiger partial charge in [-0.3, -0.25) is 14.5 Å². The van der Waals surface area contributed by atoms with Crippen LogP contribution in [-0.4, -0.2) is 41.3 Å². The fourth-order valence-corrected chi connectivity index (χ4v) is 3.74. The van der Waals surface area contributed by atoms with Crippen molar-refractivity contribution in [1.82, 2.24) is 9.88 Å². The smallest absolute Gasteiger partial charge is 0.257 e. The second-order valence-corrected chi connectivity index (χ2v) is 6.73. The minimum Gasteiger partial charge on any atom is -0.319 e. The molecule has 0 radical (unpaired) electrons. The molecule has 1 saturated heterocycles. The average Bonchev–Trinajstić information content (AvgIpc) is 2.81. The highest BCUT2D eigenvalue weighted by atomic mass is 16.2. The molecule has 2 amide bonds. The minimum absolute atomic E-state index is 0.0182. The van der Waals surface area contributed by atoms with Crippen molar-refractivity contribution in [3.05, 3.63) is 48.2 Å². The van der Waals surface area contributed by atoms with Gasteiger partial charge in [-0.05, 0) is 56.7 Å². The molecule has 0 spiro atoms. The molecule has 0 atom stereocenters. The van der Waals surface area contributed by atoms with Crippen molar-refractivity contribution in [3.63, 3.8) is 0 Å². The van der Waals surface area contributed by atoms with Crippen LogP contribution in [0.15, 0.2) is 42.6 Å². The molecule has 26 heavy (non-hydrogen) atoms.